The van der Waals surface area contributed by atoms with Crippen LogP contribution in [0.2, 0.25) is 0 Å². The largest absolute Gasteiger partial charge is 0.494 e. The standard InChI is InChI=1S/C19H26F2N2O5/c1-6-27-17(24)12-9-13(26-5)16(15(21)14(12)20)23-8-7-11(10-23)22-18(25)28-19(2,3)4/h9,11H,6-8,10H2,1-5H3,(H,22,25). The fourth-order valence-electron chi connectivity index (χ4n) is 2.96. The summed E-state index contributed by atoms with van der Waals surface area (Å²) in [6, 6.07) is 0.826. The number of carbonyl (C=O) groups is 2. The highest BCUT2D eigenvalue weighted by Crippen LogP contribution is 2.37. The van der Waals surface area contributed by atoms with E-state index in [9.17, 15) is 18.4 Å². The van der Waals surface area contributed by atoms with Crippen LogP contribution in [0.25, 0.3) is 0 Å². The summed E-state index contributed by atoms with van der Waals surface area (Å²) in [7, 11) is 1.30. The van der Waals surface area contributed by atoms with Gasteiger partial charge in [0.25, 0.3) is 0 Å². The van der Waals surface area contributed by atoms with Gasteiger partial charge in [0, 0.05) is 13.1 Å². The number of amides is 1. The molecule has 0 aromatic heterocycles. The molecule has 1 aromatic carbocycles. The number of methoxy groups -OCH3 is 1. The second-order valence-electron chi connectivity index (χ2n) is 7.40. The first kappa shape index (κ1) is 21.7. The van der Waals surface area contributed by atoms with Crippen LogP contribution in [0.15, 0.2) is 6.07 Å². The number of nitrogens with one attached hydrogen (secondary N) is 1. The smallest absolute Gasteiger partial charge is 0.407 e. The summed E-state index contributed by atoms with van der Waals surface area (Å²) in [5, 5.41) is 2.72. The molecule has 1 atom stereocenters. The van der Waals surface area contributed by atoms with E-state index in [0.717, 1.165) is 6.07 Å². The van der Waals surface area contributed by atoms with Gasteiger partial charge in [0.05, 0.1) is 19.8 Å². The van der Waals surface area contributed by atoms with Gasteiger partial charge in [0.15, 0.2) is 11.6 Å². The Morgan fingerprint density at radius 1 is 1.29 bits per heavy atom. The van der Waals surface area contributed by atoms with Gasteiger partial charge in [0.2, 0.25) is 0 Å². The van der Waals surface area contributed by atoms with Crippen molar-refractivity contribution in [3.8, 4) is 5.75 Å². The molecule has 7 nitrogen and oxygen atoms in total. The number of esters is 1. The lowest BCUT2D eigenvalue weighted by molar-refractivity contribution is 0.0502. The number of alkyl carbamates (subject to hydrolysis) is 1. The summed E-state index contributed by atoms with van der Waals surface area (Å²) in [6.45, 7) is 7.47. The van der Waals surface area contributed by atoms with Crippen LogP contribution in [0, 0.1) is 11.6 Å². The molecule has 28 heavy (non-hydrogen) atoms. The number of rotatable bonds is 5. The molecule has 1 unspecified atom stereocenters. The third-order valence-electron chi connectivity index (χ3n) is 4.09. The zero-order valence-corrected chi connectivity index (χ0v) is 16.7. The predicted octanol–water partition coefficient (Wildman–Crippen LogP) is 3.25. The average molecular weight is 400 g/mol. The molecular weight excluding hydrogens is 374 g/mol. The molecule has 1 amide bonds. The van der Waals surface area contributed by atoms with Crippen LogP contribution in [0.3, 0.4) is 0 Å². The van der Waals surface area contributed by atoms with Gasteiger partial charge >= 0.3 is 12.1 Å². The van der Waals surface area contributed by atoms with Crippen LogP contribution in [0.5, 0.6) is 5.75 Å². The van der Waals surface area contributed by atoms with Crippen LogP contribution >= 0.6 is 0 Å². The van der Waals surface area contributed by atoms with Crippen molar-refractivity contribution < 1.29 is 32.6 Å². The summed E-state index contributed by atoms with van der Waals surface area (Å²) in [6.07, 6.45) is -0.0565. The monoisotopic (exact) mass is 400 g/mol. The zero-order chi connectivity index (χ0) is 21.1. The minimum Gasteiger partial charge on any atom is -0.494 e. The SMILES string of the molecule is CCOC(=O)c1cc(OC)c(N2CCC(NC(=O)OC(C)(C)C)C2)c(F)c1F. The fraction of sp³-hybridized carbons (Fsp3) is 0.579. The highest BCUT2D eigenvalue weighted by Gasteiger charge is 2.32. The summed E-state index contributed by atoms with van der Waals surface area (Å²) in [5.74, 6) is -3.44. The molecular formula is C19H26F2N2O5. The minimum atomic E-state index is -1.29. The Labute approximate surface area is 162 Å². The van der Waals surface area contributed by atoms with E-state index < -0.39 is 34.9 Å². The van der Waals surface area contributed by atoms with Gasteiger partial charge in [-0.1, -0.05) is 0 Å². The lowest BCUT2D eigenvalue weighted by Gasteiger charge is -2.24. The number of hydrogen-bond acceptors (Lipinski definition) is 6. The van der Waals surface area contributed by atoms with E-state index >= 15 is 0 Å². The molecule has 1 aliphatic rings. The zero-order valence-electron chi connectivity index (χ0n) is 16.7. The second-order valence-corrected chi connectivity index (χ2v) is 7.40. The average Bonchev–Trinajstić information content (AvgIpc) is 3.03. The van der Waals surface area contributed by atoms with Crippen molar-refractivity contribution in [3.05, 3.63) is 23.3 Å². The molecule has 0 radical (unpaired) electrons. The first-order chi connectivity index (χ1) is 13.1. The van der Waals surface area contributed by atoms with Gasteiger partial charge in [-0.25, -0.2) is 18.4 Å². The Morgan fingerprint density at radius 2 is 1.96 bits per heavy atom. The normalized spacial score (nSPS) is 16.7. The molecule has 1 aromatic rings. The van der Waals surface area contributed by atoms with E-state index in [4.69, 9.17) is 14.2 Å². The van der Waals surface area contributed by atoms with Gasteiger partial charge in [-0.3, -0.25) is 0 Å². The Kier molecular flexibility index (Phi) is 6.69. The summed E-state index contributed by atoms with van der Waals surface area (Å²) >= 11 is 0. The van der Waals surface area contributed by atoms with Crippen molar-refractivity contribution in [2.75, 3.05) is 31.7 Å². The van der Waals surface area contributed by atoms with Crippen LogP contribution in [-0.2, 0) is 9.47 Å². The van der Waals surface area contributed by atoms with Crippen LogP contribution in [-0.4, -0.2) is 50.5 Å². The number of halogens is 2. The Morgan fingerprint density at radius 3 is 2.54 bits per heavy atom. The maximum atomic E-state index is 14.8. The van der Waals surface area contributed by atoms with Crippen LogP contribution in [0.4, 0.5) is 19.3 Å². The number of anilines is 1. The molecule has 1 aliphatic heterocycles. The van der Waals surface area contributed by atoms with Gasteiger partial charge in [-0.2, -0.15) is 0 Å². The van der Waals surface area contributed by atoms with E-state index in [-0.39, 0.29) is 30.6 Å². The first-order valence-electron chi connectivity index (χ1n) is 9.05. The van der Waals surface area contributed by atoms with E-state index in [1.807, 2.05) is 0 Å². The molecule has 0 saturated carbocycles. The van der Waals surface area contributed by atoms with Crippen molar-refractivity contribution >= 4 is 17.7 Å². The maximum absolute atomic E-state index is 14.8. The number of nitrogens with zero attached hydrogens (tertiary/aromatic N) is 1. The number of hydrogen-bond donors (Lipinski definition) is 1. The number of ether oxygens (including phenoxy) is 3. The highest BCUT2D eigenvalue weighted by molar-refractivity contribution is 5.91. The maximum Gasteiger partial charge on any atom is 0.407 e. The number of carbonyl (C=O) groups excluding carboxylic acids is 2. The van der Waals surface area contributed by atoms with Crippen molar-refractivity contribution in [3.63, 3.8) is 0 Å². The van der Waals surface area contributed by atoms with E-state index in [1.165, 1.54) is 7.11 Å². The highest BCUT2D eigenvalue weighted by atomic mass is 19.2. The van der Waals surface area contributed by atoms with Crippen molar-refractivity contribution in [2.24, 2.45) is 0 Å². The summed E-state index contributed by atoms with van der Waals surface area (Å²) in [4.78, 5) is 25.3. The molecule has 1 fully saturated rings. The van der Waals surface area contributed by atoms with Gasteiger partial charge in [0.1, 0.15) is 22.6 Å². The molecule has 1 N–H and O–H groups in total. The van der Waals surface area contributed by atoms with Crippen LogP contribution in [0.1, 0.15) is 44.5 Å². The third-order valence-corrected chi connectivity index (χ3v) is 4.09. The topological polar surface area (TPSA) is 77.1 Å². The van der Waals surface area contributed by atoms with Crippen LogP contribution < -0.4 is 15.0 Å². The summed E-state index contributed by atoms with van der Waals surface area (Å²) < 4.78 is 44.4. The van der Waals surface area contributed by atoms with Gasteiger partial charge in [-0.15, -0.1) is 0 Å². The van der Waals surface area contributed by atoms with Crippen molar-refractivity contribution in [1.82, 2.24) is 5.32 Å². The lowest BCUT2D eigenvalue weighted by Crippen LogP contribution is -2.40. The number of benzene rings is 1. The quantitative estimate of drug-likeness (QED) is 0.765. The lowest BCUT2D eigenvalue weighted by atomic mass is 10.1. The molecule has 9 heteroatoms. The molecule has 2 rings (SSSR count). The molecule has 1 saturated heterocycles. The molecule has 156 valence electrons. The molecule has 1 heterocycles. The Bertz CT molecular complexity index is 749. The Hall–Kier alpha value is -2.58. The second kappa shape index (κ2) is 8.62. The first-order valence-corrected chi connectivity index (χ1v) is 9.05. The van der Waals surface area contributed by atoms with Crippen molar-refractivity contribution in [1.29, 1.82) is 0 Å². The molecule has 0 spiro atoms. The fourth-order valence-corrected chi connectivity index (χ4v) is 2.96. The van der Waals surface area contributed by atoms with Crippen molar-refractivity contribution in [2.45, 2.75) is 45.8 Å². The minimum absolute atomic E-state index is 0.0138. The Balaban J connectivity index is 2.20. The van der Waals surface area contributed by atoms with E-state index in [1.54, 1.807) is 32.6 Å². The third kappa shape index (κ3) is 5.02. The van der Waals surface area contributed by atoms with Gasteiger partial charge < -0.3 is 24.4 Å². The predicted molar refractivity (Wildman–Crippen MR) is 98.9 cm³/mol. The van der Waals surface area contributed by atoms with E-state index in [2.05, 4.69) is 5.32 Å². The molecule has 0 bridgehead atoms. The van der Waals surface area contributed by atoms with E-state index in [0.29, 0.717) is 13.0 Å². The van der Waals surface area contributed by atoms with Gasteiger partial charge in [-0.05, 0) is 40.2 Å². The molecule has 0 aliphatic carbocycles. The summed E-state index contributed by atoms with van der Waals surface area (Å²) in [5.41, 5.74) is -1.26.